The van der Waals surface area contributed by atoms with Crippen molar-refractivity contribution in [2.24, 2.45) is 0 Å². The summed E-state index contributed by atoms with van der Waals surface area (Å²) in [6.07, 6.45) is -1.20. The fourth-order valence-electron chi connectivity index (χ4n) is 2.50. The first-order valence-electron chi connectivity index (χ1n) is 8.59. The van der Waals surface area contributed by atoms with Gasteiger partial charge in [-0.1, -0.05) is 17.2 Å². The minimum Gasteiger partial charge on any atom is -0.449 e. The second-order valence-electron chi connectivity index (χ2n) is 6.41. The van der Waals surface area contributed by atoms with Gasteiger partial charge in [-0.05, 0) is 45.0 Å². The van der Waals surface area contributed by atoms with Crippen LogP contribution in [0.25, 0.3) is 0 Å². The smallest absolute Gasteiger partial charge is 0.338 e. The van der Waals surface area contributed by atoms with Crippen molar-refractivity contribution < 1.29 is 32.3 Å². The molecule has 0 saturated heterocycles. The van der Waals surface area contributed by atoms with Crippen LogP contribution in [0.2, 0.25) is 0 Å². The molecular weight excluding hydrogens is 389 g/mol. The average molecular weight is 408 g/mol. The maximum atomic E-state index is 13.5. The highest BCUT2D eigenvalue weighted by molar-refractivity contribution is 5.96. The maximum absolute atomic E-state index is 13.5. The van der Waals surface area contributed by atoms with E-state index < -0.39 is 53.6 Å². The molecule has 2 amide bonds. The van der Waals surface area contributed by atoms with Crippen molar-refractivity contribution in [3.63, 3.8) is 0 Å². The second kappa shape index (κ2) is 9.22. The summed E-state index contributed by atoms with van der Waals surface area (Å²) >= 11 is 0. The van der Waals surface area contributed by atoms with Gasteiger partial charge >= 0.3 is 5.97 Å². The summed E-state index contributed by atoms with van der Waals surface area (Å²) < 4.78 is 44.6. The number of carbonyl (C=O) groups is 3. The molecule has 0 saturated carbocycles. The Bertz CT molecular complexity index is 943. The van der Waals surface area contributed by atoms with Crippen molar-refractivity contribution in [1.29, 1.82) is 0 Å². The van der Waals surface area contributed by atoms with Crippen LogP contribution in [0.5, 0.6) is 0 Å². The van der Waals surface area contributed by atoms with Crippen molar-refractivity contribution in [3.05, 3.63) is 64.5 Å². The van der Waals surface area contributed by atoms with Gasteiger partial charge < -0.3 is 15.4 Å². The summed E-state index contributed by atoms with van der Waals surface area (Å²) in [5.74, 6) is -7.01. The molecule has 0 spiro atoms. The molecule has 9 heteroatoms. The zero-order valence-electron chi connectivity index (χ0n) is 15.9. The van der Waals surface area contributed by atoms with Crippen molar-refractivity contribution in [1.82, 2.24) is 5.32 Å². The van der Waals surface area contributed by atoms with Gasteiger partial charge in [0.1, 0.15) is 0 Å². The van der Waals surface area contributed by atoms with Gasteiger partial charge in [-0.3, -0.25) is 9.59 Å². The SMILES string of the molecule is Cc1cc(C)cc(C(=O)OC(C)C(=O)NCC(=O)Nc2ccc(F)c(F)c2F)c1. The van der Waals surface area contributed by atoms with Gasteiger partial charge in [0.2, 0.25) is 5.91 Å². The molecular formula is C20H19F3N2O4. The van der Waals surface area contributed by atoms with Gasteiger partial charge in [-0.25, -0.2) is 18.0 Å². The van der Waals surface area contributed by atoms with Gasteiger partial charge in [-0.2, -0.15) is 0 Å². The van der Waals surface area contributed by atoms with Crippen LogP contribution >= 0.6 is 0 Å². The number of hydrogen-bond acceptors (Lipinski definition) is 4. The van der Waals surface area contributed by atoms with Crippen molar-refractivity contribution in [3.8, 4) is 0 Å². The Morgan fingerprint density at radius 2 is 1.62 bits per heavy atom. The number of nitrogens with one attached hydrogen (secondary N) is 2. The number of ether oxygens (including phenoxy) is 1. The summed E-state index contributed by atoms with van der Waals surface area (Å²) in [5, 5.41) is 4.22. The summed E-state index contributed by atoms with van der Waals surface area (Å²) in [4.78, 5) is 36.0. The van der Waals surface area contributed by atoms with Crippen LogP contribution in [0.1, 0.15) is 28.4 Å². The van der Waals surface area contributed by atoms with E-state index in [2.05, 4.69) is 5.32 Å². The Kier molecular flexibility index (Phi) is 6.98. The third-order valence-corrected chi connectivity index (χ3v) is 3.84. The van der Waals surface area contributed by atoms with E-state index in [0.29, 0.717) is 6.07 Å². The highest BCUT2D eigenvalue weighted by atomic mass is 19.2. The lowest BCUT2D eigenvalue weighted by Crippen LogP contribution is -2.40. The molecule has 0 radical (unpaired) electrons. The number of anilines is 1. The van der Waals surface area contributed by atoms with E-state index in [1.54, 1.807) is 12.1 Å². The summed E-state index contributed by atoms with van der Waals surface area (Å²) in [7, 11) is 0. The number of aryl methyl sites for hydroxylation is 2. The molecule has 2 aromatic rings. The Morgan fingerprint density at radius 3 is 2.24 bits per heavy atom. The van der Waals surface area contributed by atoms with E-state index >= 15 is 0 Å². The first-order valence-corrected chi connectivity index (χ1v) is 8.59. The number of carbonyl (C=O) groups excluding carboxylic acids is 3. The molecule has 1 unspecified atom stereocenters. The van der Waals surface area contributed by atoms with Gasteiger partial charge in [-0.15, -0.1) is 0 Å². The molecule has 0 aromatic heterocycles. The van der Waals surface area contributed by atoms with Crippen LogP contribution in [0.15, 0.2) is 30.3 Å². The van der Waals surface area contributed by atoms with Crippen molar-refractivity contribution >= 4 is 23.5 Å². The minimum absolute atomic E-state index is 0.286. The molecule has 2 rings (SSSR count). The fraction of sp³-hybridized carbons (Fsp3) is 0.250. The molecule has 0 bridgehead atoms. The standard InChI is InChI=1S/C20H19F3N2O4/c1-10-6-11(2)8-13(7-10)20(28)29-12(3)19(27)24-9-16(26)25-15-5-4-14(21)17(22)18(15)23/h4-8,12H,9H2,1-3H3,(H,24,27)(H,25,26). The van der Waals surface area contributed by atoms with Gasteiger partial charge in [0, 0.05) is 0 Å². The average Bonchev–Trinajstić information content (AvgIpc) is 2.65. The van der Waals surface area contributed by atoms with E-state index in [1.807, 2.05) is 25.2 Å². The highest BCUT2D eigenvalue weighted by Gasteiger charge is 2.20. The molecule has 0 aliphatic carbocycles. The summed E-state index contributed by atoms with van der Waals surface area (Å²) in [5.41, 5.74) is 1.43. The number of esters is 1. The number of halogens is 3. The molecule has 0 aliphatic rings. The van der Waals surface area contributed by atoms with Crippen LogP contribution < -0.4 is 10.6 Å². The lowest BCUT2D eigenvalue weighted by Gasteiger charge is -2.14. The molecule has 2 aromatic carbocycles. The zero-order chi connectivity index (χ0) is 21.7. The van der Waals surface area contributed by atoms with Gasteiger partial charge in [0.25, 0.3) is 5.91 Å². The zero-order valence-corrected chi connectivity index (χ0v) is 15.9. The lowest BCUT2D eigenvalue weighted by molar-refractivity contribution is -0.130. The van der Waals surface area contributed by atoms with E-state index in [9.17, 15) is 27.6 Å². The van der Waals surface area contributed by atoms with Crippen molar-refractivity contribution in [2.75, 3.05) is 11.9 Å². The van der Waals surface area contributed by atoms with E-state index in [0.717, 1.165) is 17.2 Å². The van der Waals surface area contributed by atoms with Crippen molar-refractivity contribution in [2.45, 2.75) is 26.9 Å². The van der Waals surface area contributed by atoms with Gasteiger partial charge in [0.05, 0.1) is 17.8 Å². The van der Waals surface area contributed by atoms with Crippen LogP contribution in [0, 0.1) is 31.3 Å². The minimum atomic E-state index is -1.72. The first-order chi connectivity index (χ1) is 13.6. The normalized spacial score (nSPS) is 11.5. The third-order valence-electron chi connectivity index (χ3n) is 3.84. The quantitative estimate of drug-likeness (QED) is 0.569. The monoisotopic (exact) mass is 408 g/mol. The molecule has 1 atom stereocenters. The lowest BCUT2D eigenvalue weighted by atomic mass is 10.1. The maximum Gasteiger partial charge on any atom is 0.338 e. The molecule has 154 valence electrons. The number of rotatable bonds is 6. The molecule has 2 N–H and O–H groups in total. The van der Waals surface area contributed by atoms with Crippen LogP contribution in [0.4, 0.5) is 18.9 Å². The molecule has 6 nitrogen and oxygen atoms in total. The molecule has 0 fully saturated rings. The van der Waals surface area contributed by atoms with E-state index in [1.165, 1.54) is 6.92 Å². The van der Waals surface area contributed by atoms with Crippen LogP contribution in [-0.2, 0) is 14.3 Å². The second-order valence-corrected chi connectivity index (χ2v) is 6.41. The largest absolute Gasteiger partial charge is 0.449 e. The fourth-order valence-corrected chi connectivity index (χ4v) is 2.50. The predicted molar refractivity (Wildman–Crippen MR) is 98.7 cm³/mol. The highest BCUT2D eigenvalue weighted by Crippen LogP contribution is 2.19. The Hall–Kier alpha value is -3.36. The predicted octanol–water partition coefficient (Wildman–Crippen LogP) is 3.02. The van der Waals surface area contributed by atoms with Crippen LogP contribution in [0.3, 0.4) is 0 Å². The Labute approximate surface area is 165 Å². The Morgan fingerprint density at radius 1 is 1.00 bits per heavy atom. The van der Waals surface area contributed by atoms with Gasteiger partial charge in [0.15, 0.2) is 23.6 Å². The van der Waals surface area contributed by atoms with Crippen LogP contribution in [-0.4, -0.2) is 30.4 Å². The topological polar surface area (TPSA) is 84.5 Å². The first kappa shape index (κ1) is 21.9. The van der Waals surface area contributed by atoms with E-state index in [4.69, 9.17) is 4.74 Å². The Balaban J connectivity index is 1.88. The number of benzene rings is 2. The summed E-state index contributed by atoms with van der Waals surface area (Å²) in [6, 6.07) is 6.61. The molecule has 0 heterocycles. The third kappa shape index (κ3) is 5.81. The number of amides is 2. The molecule has 0 aliphatic heterocycles. The molecule has 29 heavy (non-hydrogen) atoms. The van der Waals surface area contributed by atoms with E-state index in [-0.39, 0.29) is 5.56 Å². The summed E-state index contributed by atoms with van der Waals surface area (Å²) in [6.45, 7) is 4.36. The number of hydrogen-bond donors (Lipinski definition) is 2.